The van der Waals surface area contributed by atoms with Gasteiger partial charge in [-0.1, -0.05) is 11.6 Å². The summed E-state index contributed by atoms with van der Waals surface area (Å²) in [6.45, 7) is 3.80. The number of rotatable bonds is 4. The van der Waals surface area contributed by atoms with Crippen molar-refractivity contribution in [2.24, 2.45) is 0 Å². The van der Waals surface area contributed by atoms with Crippen LogP contribution in [0.1, 0.15) is 34.9 Å². The van der Waals surface area contributed by atoms with Crippen LogP contribution < -0.4 is 15.4 Å². The number of amides is 1. The molecule has 8 heteroatoms. The van der Waals surface area contributed by atoms with E-state index in [1.165, 1.54) is 0 Å². The minimum atomic E-state index is -0.266. The van der Waals surface area contributed by atoms with E-state index < -0.39 is 0 Å². The molecule has 2 aromatic rings. The van der Waals surface area contributed by atoms with Crippen LogP contribution in [-0.2, 0) is 0 Å². The minimum absolute atomic E-state index is 0. The van der Waals surface area contributed by atoms with Crippen molar-refractivity contribution >= 4 is 35.6 Å². The van der Waals surface area contributed by atoms with Gasteiger partial charge in [0.05, 0.1) is 18.8 Å². The minimum Gasteiger partial charge on any atom is -0.495 e. The second kappa shape index (κ2) is 8.56. The van der Waals surface area contributed by atoms with Crippen molar-refractivity contribution in [1.29, 1.82) is 0 Å². The van der Waals surface area contributed by atoms with Crippen LogP contribution >= 0.6 is 24.0 Å². The highest BCUT2D eigenvalue weighted by Gasteiger charge is 2.18. The lowest BCUT2D eigenvalue weighted by Crippen LogP contribution is -2.32. The van der Waals surface area contributed by atoms with E-state index in [9.17, 15) is 4.79 Å². The molecule has 1 aromatic heterocycles. The van der Waals surface area contributed by atoms with Crippen LogP contribution in [-0.4, -0.2) is 35.9 Å². The van der Waals surface area contributed by atoms with E-state index in [-0.39, 0.29) is 18.3 Å². The van der Waals surface area contributed by atoms with E-state index >= 15 is 0 Å². The van der Waals surface area contributed by atoms with Crippen molar-refractivity contribution in [3.63, 3.8) is 0 Å². The molecule has 2 N–H and O–H groups in total. The maximum absolute atomic E-state index is 12.5. The fourth-order valence-electron chi connectivity index (χ4n) is 2.84. The van der Waals surface area contributed by atoms with Gasteiger partial charge in [0.25, 0.3) is 5.91 Å². The summed E-state index contributed by atoms with van der Waals surface area (Å²) in [6.07, 6.45) is 4.05. The Morgan fingerprint density at radius 2 is 2.28 bits per heavy atom. The van der Waals surface area contributed by atoms with Crippen LogP contribution in [0.3, 0.4) is 0 Å². The van der Waals surface area contributed by atoms with E-state index in [0.29, 0.717) is 28.2 Å². The Labute approximate surface area is 158 Å². The van der Waals surface area contributed by atoms with Crippen LogP contribution in [0.15, 0.2) is 24.4 Å². The first-order valence-electron chi connectivity index (χ1n) is 8.00. The molecule has 0 bridgehead atoms. The van der Waals surface area contributed by atoms with Gasteiger partial charge in [-0.3, -0.25) is 9.48 Å². The number of ether oxygens (including phenoxy) is 1. The second-order valence-electron chi connectivity index (χ2n) is 5.94. The Bertz CT molecular complexity index is 742. The van der Waals surface area contributed by atoms with Gasteiger partial charge in [-0.25, -0.2) is 0 Å². The summed E-state index contributed by atoms with van der Waals surface area (Å²) >= 11 is 6.09. The number of methoxy groups -OCH3 is 1. The molecule has 0 aliphatic carbocycles. The van der Waals surface area contributed by atoms with Gasteiger partial charge in [0, 0.05) is 23.8 Å². The van der Waals surface area contributed by atoms with E-state index in [1.54, 1.807) is 25.3 Å². The normalized spacial score (nSPS) is 16.8. The molecule has 1 atom stereocenters. The third-order valence-corrected chi connectivity index (χ3v) is 4.62. The molecule has 1 aromatic carbocycles. The zero-order valence-electron chi connectivity index (χ0n) is 14.2. The summed E-state index contributed by atoms with van der Waals surface area (Å²) in [7, 11) is 1.54. The lowest BCUT2D eigenvalue weighted by molar-refractivity contribution is 0.102. The van der Waals surface area contributed by atoms with E-state index in [2.05, 4.69) is 15.7 Å². The van der Waals surface area contributed by atoms with Crippen molar-refractivity contribution < 1.29 is 9.53 Å². The average molecular weight is 385 g/mol. The number of anilines is 1. The van der Waals surface area contributed by atoms with E-state index in [4.69, 9.17) is 16.3 Å². The Kier molecular flexibility index (Phi) is 6.70. The first-order valence-corrected chi connectivity index (χ1v) is 8.37. The van der Waals surface area contributed by atoms with Gasteiger partial charge in [-0.15, -0.1) is 12.4 Å². The molecule has 0 spiro atoms. The van der Waals surface area contributed by atoms with Gasteiger partial charge in [0.1, 0.15) is 5.75 Å². The summed E-state index contributed by atoms with van der Waals surface area (Å²) in [4.78, 5) is 12.5. The Hall–Kier alpha value is -1.76. The number of carbonyl (C=O) groups is 1. The molecule has 1 unspecified atom stereocenters. The van der Waals surface area contributed by atoms with Crippen molar-refractivity contribution in [1.82, 2.24) is 15.1 Å². The van der Waals surface area contributed by atoms with Crippen molar-refractivity contribution in [3.05, 3.63) is 40.7 Å². The maximum Gasteiger partial charge on any atom is 0.276 e. The first-order chi connectivity index (χ1) is 11.6. The number of benzene rings is 1. The SMILES string of the molecule is COc1cc(Cl)c(C)cc1NC(=O)c1ccn(C2CCCNC2)n1.Cl. The monoisotopic (exact) mass is 384 g/mol. The smallest absolute Gasteiger partial charge is 0.276 e. The molecule has 25 heavy (non-hydrogen) atoms. The number of halogens is 2. The van der Waals surface area contributed by atoms with Crippen LogP contribution in [0.4, 0.5) is 5.69 Å². The maximum atomic E-state index is 12.5. The number of hydrogen-bond donors (Lipinski definition) is 2. The first kappa shape index (κ1) is 19.6. The van der Waals surface area contributed by atoms with E-state index in [1.807, 2.05) is 17.8 Å². The van der Waals surface area contributed by atoms with Crippen LogP contribution in [0.2, 0.25) is 5.02 Å². The molecule has 1 aliphatic rings. The summed E-state index contributed by atoms with van der Waals surface area (Å²) in [5.74, 6) is 0.257. The number of nitrogens with zero attached hydrogens (tertiary/aromatic N) is 2. The highest BCUT2D eigenvalue weighted by molar-refractivity contribution is 6.31. The van der Waals surface area contributed by atoms with Gasteiger partial charge in [0.15, 0.2) is 5.69 Å². The van der Waals surface area contributed by atoms with Crippen LogP contribution in [0.5, 0.6) is 5.75 Å². The standard InChI is InChI=1S/C17H21ClN4O2.ClH/c1-11-8-15(16(24-2)9-13(11)18)20-17(23)14-5-7-22(21-14)12-4-3-6-19-10-12;/h5,7-9,12,19H,3-4,6,10H2,1-2H3,(H,20,23);1H. The fraction of sp³-hybridized carbons (Fsp3) is 0.412. The number of nitrogens with one attached hydrogen (secondary N) is 2. The van der Waals surface area contributed by atoms with Gasteiger partial charge in [-0.05, 0) is 44.0 Å². The van der Waals surface area contributed by atoms with Crippen molar-refractivity contribution in [3.8, 4) is 5.75 Å². The van der Waals surface area contributed by atoms with Gasteiger partial charge < -0.3 is 15.4 Å². The zero-order valence-corrected chi connectivity index (χ0v) is 15.8. The number of carbonyl (C=O) groups excluding carboxylic acids is 1. The predicted octanol–water partition coefficient (Wildman–Crippen LogP) is 3.45. The molecule has 1 amide bonds. The van der Waals surface area contributed by atoms with Crippen LogP contribution in [0, 0.1) is 6.92 Å². The van der Waals surface area contributed by atoms with Gasteiger partial charge >= 0.3 is 0 Å². The van der Waals surface area contributed by atoms with Crippen molar-refractivity contribution in [2.75, 3.05) is 25.5 Å². The fourth-order valence-corrected chi connectivity index (χ4v) is 2.99. The van der Waals surface area contributed by atoms with Gasteiger partial charge in [0.2, 0.25) is 0 Å². The largest absolute Gasteiger partial charge is 0.495 e. The summed E-state index contributed by atoms with van der Waals surface area (Å²) in [5.41, 5.74) is 1.83. The van der Waals surface area contributed by atoms with Crippen molar-refractivity contribution in [2.45, 2.75) is 25.8 Å². The molecule has 136 valence electrons. The molecule has 6 nitrogen and oxygen atoms in total. The quantitative estimate of drug-likeness (QED) is 0.846. The third-order valence-electron chi connectivity index (χ3n) is 4.21. The number of piperidine rings is 1. The average Bonchev–Trinajstić information content (AvgIpc) is 3.09. The third kappa shape index (κ3) is 4.45. The molecular weight excluding hydrogens is 363 g/mol. The molecule has 2 heterocycles. The molecule has 0 radical (unpaired) electrons. The summed E-state index contributed by atoms with van der Waals surface area (Å²) in [5, 5.41) is 11.2. The van der Waals surface area contributed by atoms with Gasteiger partial charge in [-0.2, -0.15) is 5.10 Å². The molecule has 1 saturated heterocycles. The highest BCUT2D eigenvalue weighted by atomic mass is 35.5. The zero-order chi connectivity index (χ0) is 17.1. The second-order valence-corrected chi connectivity index (χ2v) is 6.34. The molecule has 1 aliphatic heterocycles. The lowest BCUT2D eigenvalue weighted by atomic mass is 10.1. The number of aryl methyl sites for hydroxylation is 1. The molecular formula is C17H22Cl2N4O2. The highest BCUT2D eigenvalue weighted by Crippen LogP contribution is 2.31. The number of hydrogen-bond acceptors (Lipinski definition) is 4. The number of aromatic nitrogens is 2. The Morgan fingerprint density at radius 3 is 2.96 bits per heavy atom. The molecule has 3 rings (SSSR count). The molecule has 0 saturated carbocycles. The van der Waals surface area contributed by atoms with E-state index in [0.717, 1.165) is 31.5 Å². The topological polar surface area (TPSA) is 68.2 Å². The Morgan fingerprint density at radius 1 is 1.48 bits per heavy atom. The lowest BCUT2D eigenvalue weighted by Gasteiger charge is -2.22. The van der Waals surface area contributed by atoms with Crippen LogP contribution in [0.25, 0.3) is 0 Å². The summed E-state index contributed by atoms with van der Waals surface area (Å²) < 4.78 is 7.15. The predicted molar refractivity (Wildman–Crippen MR) is 101 cm³/mol. The Balaban J connectivity index is 0.00000225. The summed E-state index contributed by atoms with van der Waals surface area (Å²) in [6, 6.07) is 5.52. The molecule has 1 fully saturated rings.